The smallest absolute Gasteiger partial charge is 0.332 e. The molecule has 0 fully saturated rings. The Morgan fingerprint density at radius 2 is 1.93 bits per heavy atom. The Morgan fingerprint density at radius 1 is 1.17 bits per heavy atom. The fraction of sp³-hybridized carbons (Fsp3) is 0.476. The molecule has 0 amide bonds. The number of nitrogens with zero attached hydrogens (tertiary/aromatic N) is 4. The highest BCUT2D eigenvalue weighted by Gasteiger charge is 2.21. The number of rotatable bonds is 9. The van der Waals surface area contributed by atoms with E-state index in [0.717, 1.165) is 12.0 Å². The Hall–Kier alpha value is -2.91. The quantitative estimate of drug-likeness (QED) is 0.425. The standard InChI is InChI=1S/C21H29N5O4/c1-14(2)9-11-25-17-18(23-20(25)30-16-8-5-7-15(3)13-16)24(4)21(28)26(19(17)27)10-6-12-29-22/h5,7-8,13-14H,6,9-12,22H2,1-4H3. The second-order valence-electron chi connectivity index (χ2n) is 7.84. The molecule has 0 aliphatic rings. The summed E-state index contributed by atoms with van der Waals surface area (Å²) in [6, 6.07) is 7.90. The summed E-state index contributed by atoms with van der Waals surface area (Å²) in [6.07, 6.45) is 1.28. The zero-order valence-corrected chi connectivity index (χ0v) is 17.9. The molecule has 30 heavy (non-hydrogen) atoms. The third-order valence-corrected chi connectivity index (χ3v) is 4.97. The highest BCUT2D eigenvalue weighted by molar-refractivity contribution is 5.72. The number of imidazole rings is 1. The first kappa shape index (κ1) is 21.8. The molecule has 0 atom stereocenters. The number of ether oxygens (including phenoxy) is 1. The zero-order valence-electron chi connectivity index (χ0n) is 17.9. The van der Waals surface area contributed by atoms with E-state index in [9.17, 15) is 9.59 Å². The van der Waals surface area contributed by atoms with Crippen LogP contribution >= 0.6 is 0 Å². The monoisotopic (exact) mass is 415 g/mol. The second kappa shape index (κ2) is 9.27. The van der Waals surface area contributed by atoms with Crippen molar-refractivity contribution in [3.05, 3.63) is 50.7 Å². The lowest BCUT2D eigenvalue weighted by Crippen LogP contribution is -2.40. The molecule has 0 bridgehead atoms. The molecular weight excluding hydrogens is 386 g/mol. The first-order valence-electron chi connectivity index (χ1n) is 10.1. The summed E-state index contributed by atoms with van der Waals surface area (Å²) in [6.45, 7) is 7.21. The molecule has 0 aliphatic carbocycles. The van der Waals surface area contributed by atoms with Crippen LogP contribution in [0.3, 0.4) is 0 Å². The molecule has 0 aliphatic heterocycles. The van der Waals surface area contributed by atoms with Crippen LogP contribution in [0.15, 0.2) is 33.9 Å². The summed E-state index contributed by atoms with van der Waals surface area (Å²) in [5.41, 5.74) is 0.895. The SMILES string of the molecule is Cc1cccc(Oc2nc3c(c(=O)n(CCCON)c(=O)n3C)n2CCC(C)C)c1. The van der Waals surface area contributed by atoms with E-state index in [1.807, 2.05) is 31.2 Å². The number of aryl methyl sites for hydroxylation is 3. The Kier molecular flexibility index (Phi) is 6.73. The van der Waals surface area contributed by atoms with Gasteiger partial charge >= 0.3 is 11.7 Å². The van der Waals surface area contributed by atoms with Crippen molar-refractivity contribution in [1.29, 1.82) is 0 Å². The molecule has 0 saturated heterocycles. The van der Waals surface area contributed by atoms with Gasteiger partial charge in [0.25, 0.3) is 5.56 Å². The van der Waals surface area contributed by atoms with E-state index in [-0.39, 0.29) is 18.7 Å². The number of benzene rings is 1. The van der Waals surface area contributed by atoms with Crippen LogP contribution in [0, 0.1) is 12.8 Å². The molecule has 2 N–H and O–H groups in total. The van der Waals surface area contributed by atoms with E-state index in [1.165, 1.54) is 9.13 Å². The van der Waals surface area contributed by atoms with Crippen molar-refractivity contribution in [3.8, 4) is 11.8 Å². The minimum Gasteiger partial charge on any atom is -0.425 e. The van der Waals surface area contributed by atoms with Crippen LogP contribution in [-0.2, 0) is 25.0 Å². The van der Waals surface area contributed by atoms with Crippen molar-refractivity contribution in [1.82, 2.24) is 18.7 Å². The van der Waals surface area contributed by atoms with Crippen LogP contribution in [0.4, 0.5) is 0 Å². The van der Waals surface area contributed by atoms with Gasteiger partial charge in [0.2, 0.25) is 0 Å². The maximum absolute atomic E-state index is 13.2. The lowest BCUT2D eigenvalue weighted by molar-refractivity contribution is 0.131. The van der Waals surface area contributed by atoms with Gasteiger partial charge in [-0.05, 0) is 43.4 Å². The topological polar surface area (TPSA) is 106 Å². The van der Waals surface area contributed by atoms with E-state index in [4.69, 9.17) is 10.6 Å². The van der Waals surface area contributed by atoms with Gasteiger partial charge in [-0.3, -0.25) is 18.5 Å². The Bertz CT molecular complexity index is 1140. The fourth-order valence-electron chi connectivity index (χ4n) is 3.31. The molecule has 0 spiro atoms. The molecule has 162 valence electrons. The zero-order chi connectivity index (χ0) is 21.8. The van der Waals surface area contributed by atoms with Gasteiger partial charge in [-0.1, -0.05) is 26.0 Å². The van der Waals surface area contributed by atoms with E-state index >= 15 is 0 Å². The van der Waals surface area contributed by atoms with Crippen LogP contribution in [0.1, 0.15) is 32.3 Å². The summed E-state index contributed by atoms with van der Waals surface area (Å²) in [4.78, 5) is 35.1. The normalized spacial score (nSPS) is 11.5. The summed E-state index contributed by atoms with van der Waals surface area (Å²) in [7, 11) is 1.61. The van der Waals surface area contributed by atoms with Gasteiger partial charge in [-0.2, -0.15) is 4.98 Å². The molecule has 9 heteroatoms. The van der Waals surface area contributed by atoms with Crippen molar-refractivity contribution < 1.29 is 9.57 Å². The number of hydrogen-bond acceptors (Lipinski definition) is 6. The highest BCUT2D eigenvalue weighted by atomic mass is 16.6. The number of fused-ring (bicyclic) bond motifs is 1. The van der Waals surface area contributed by atoms with Crippen molar-refractivity contribution in [2.45, 2.75) is 46.7 Å². The van der Waals surface area contributed by atoms with Gasteiger partial charge in [-0.15, -0.1) is 0 Å². The van der Waals surface area contributed by atoms with Gasteiger partial charge in [-0.25, -0.2) is 10.7 Å². The maximum atomic E-state index is 13.2. The Morgan fingerprint density at radius 3 is 2.60 bits per heavy atom. The third-order valence-electron chi connectivity index (χ3n) is 4.97. The average molecular weight is 415 g/mol. The summed E-state index contributed by atoms with van der Waals surface area (Å²) in [5.74, 6) is 6.12. The molecule has 0 radical (unpaired) electrons. The third kappa shape index (κ3) is 4.47. The molecule has 1 aromatic carbocycles. The highest BCUT2D eigenvalue weighted by Crippen LogP contribution is 2.25. The molecule has 9 nitrogen and oxygen atoms in total. The predicted octanol–water partition coefficient (Wildman–Crippen LogP) is 2.32. The minimum atomic E-state index is -0.430. The molecular formula is C21H29N5O4. The van der Waals surface area contributed by atoms with Gasteiger partial charge < -0.3 is 9.57 Å². The van der Waals surface area contributed by atoms with Crippen molar-refractivity contribution in [3.63, 3.8) is 0 Å². The molecule has 3 rings (SSSR count). The van der Waals surface area contributed by atoms with Crippen molar-refractivity contribution >= 4 is 11.2 Å². The Balaban J connectivity index is 2.17. The summed E-state index contributed by atoms with van der Waals surface area (Å²) >= 11 is 0. The lowest BCUT2D eigenvalue weighted by atomic mass is 10.1. The van der Waals surface area contributed by atoms with E-state index in [2.05, 4.69) is 23.7 Å². The van der Waals surface area contributed by atoms with Crippen molar-refractivity contribution in [2.75, 3.05) is 6.61 Å². The van der Waals surface area contributed by atoms with E-state index < -0.39 is 5.69 Å². The van der Waals surface area contributed by atoms with E-state index in [1.54, 1.807) is 11.6 Å². The molecule has 0 unspecified atom stereocenters. The van der Waals surface area contributed by atoms with Crippen molar-refractivity contribution in [2.24, 2.45) is 18.9 Å². The summed E-state index contributed by atoms with van der Waals surface area (Å²) in [5, 5.41) is 0. The second-order valence-corrected chi connectivity index (χ2v) is 7.84. The van der Waals surface area contributed by atoms with Crippen LogP contribution in [0.5, 0.6) is 11.8 Å². The van der Waals surface area contributed by atoms with Crippen LogP contribution in [0.25, 0.3) is 11.2 Å². The number of nitrogens with two attached hydrogens (primary N) is 1. The minimum absolute atomic E-state index is 0.210. The van der Waals surface area contributed by atoms with Crippen LogP contribution in [0.2, 0.25) is 0 Å². The molecule has 2 heterocycles. The fourth-order valence-corrected chi connectivity index (χ4v) is 3.31. The average Bonchev–Trinajstić information content (AvgIpc) is 3.05. The lowest BCUT2D eigenvalue weighted by Gasteiger charge is -2.12. The molecule has 3 aromatic rings. The first-order chi connectivity index (χ1) is 14.3. The molecule has 0 saturated carbocycles. The van der Waals surface area contributed by atoms with Gasteiger partial charge in [0.1, 0.15) is 5.75 Å². The van der Waals surface area contributed by atoms with Crippen LogP contribution < -0.4 is 21.9 Å². The first-order valence-corrected chi connectivity index (χ1v) is 10.1. The maximum Gasteiger partial charge on any atom is 0.332 e. The number of hydrogen-bond donors (Lipinski definition) is 1. The van der Waals surface area contributed by atoms with E-state index in [0.29, 0.717) is 41.8 Å². The van der Waals surface area contributed by atoms with Gasteiger partial charge in [0, 0.05) is 20.1 Å². The van der Waals surface area contributed by atoms with Gasteiger partial charge in [0.15, 0.2) is 11.2 Å². The molecule has 2 aromatic heterocycles. The van der Waals surface area contributed by atoms with Crippen LogP contribution in [-0.4, -0.2) is 25.3 Å². The number of aromatic nitrogens is 4. The Labute approximate surface area is 174 Å². The predicted molar refractivity (Wildman–Crippen MR) is 115 cm³/mol. The largest absolute Gasteiger partial charge is 0.425 e. The summed E-state index contributed by atoms with van der Waals surface area (Å²) < 4.78 is 10.4. The van der Waals surface area contributed by atoms with Gasteiger partial charge in [0.05, 0.1) is 6.61 Å².